The van der Waals surface area contributed by atoms with Gasteiger partial charge in [0.25, 0.3) is 5.91 Å². The van der Waals surface area contributed by atoms with Crippen LogP contribution < -0.4 is 14.8 Å². The van der Waals surface area contributed by atoms with Gasteiger partial charge in [-0.1, -0.05) is 12.1 Å². The summed E-state index contributed by atoms with van der Waals surface area (Å²) in [5, 5.41) is 12.7. The maximum Gasteiger partial charge on any atom is 0.255 e. The van der Waals surface area contributed by atoms with Gasteiger partial charge in [-0.05, 0) is 55.2 Å². The third-order valence-electron chi connectivity index (χ3n) is 4.53. The summed E-state index contributed by atoms with van der Waals surface area (Å²) in [6.45, 7) is 3.46. The maximum absolute atomic E-state index is 12.3. The number of phenols is 1. The van der Waals surface area contributed by atoms with Crippen LogP contribution in [-0.4, -0.2) is 37.4 Å². The number of aromatic hydroxyl groups is 1. The number of rotatable bonds is 7. The van der Waals surface area contributed by atoms with Gasteiger partial charge >= 0.3 is 0 Å². The Kier molecular flexibility index (Phi) is 6.19. The zero-order chi connectivity index (χ0) is 19.2. The van der Waals surface area contributed by atoms with Crippen LogP contribution in [0.5, 0.6) is 17.2 Å². The first-order valence-electron chi connectivity index (χ1n) is 9.06. The molecule has 1 heterocycles. The Balaban J connectivity index is 1.60. The largest absolute Gasteiger partial charge is 0.507 e. The molecule has 2 aromatic rings. The molecular weight excluding hydrogens is 346 g/mol. The molecule has 2 N–H and O–H groups in total. The molecule has 0 radical (unpaired) electrons. The zero-order valence-corrected chi connectivity index (χ0v) is 15.7. The van der Waals surface area contributed by atoms with E-state index in [0.29, 0.717) is 24.7 Å². The second-order valence-electron chi connectivity index (χ2n) is 6.63. The van der Waals surface area contributed by atoms with E-state index in [9.17, 15) is 9.90 Å². The summed E-state index contributed by atoms with van der Waals surface area (Å²) in [6, 6.07) is 10.5. The van der Waals surface area contributed by atoms with Gasteiger partial charge in [-0.3, -0.25) is 4.79 Å². The second-order valence-corrected chi connectivity index (χ2v) is 6.63. The zero-order valence-electron chi connectivity index (χ0n) is 15.7. The van der Waals surface area contributed by atoms with E-state index in [1.165, 1.54) is 0 Å². The summed E-state index contributed by atoms with van der Waals surface area (Å²) in [6.07, 6.45) is 2.22. The summed E-state index contributed by atoms with van der Waals surface area (Å²) in [4.78, 5) is 12.3. The van der Waals surface area contributed by atoms with Crippen LogP contribution in [0.4, 0.5) is 0 Å². The Hall–Kier alpha value is -2.73. The molecule has 0 bridgehead atoms. The van der Waals surface area contributed by atoms with Crippen molar-refractivity contribution in [1.82, 2.24) is 5.32 Å². The number of phenolic OH excluding ortho intramolecular Hbond substituents is 1. The van der Waals surface area contributed by atoms with E-state index < -0.39 is 0 Å². The number of hydrogen-bond donors (Lipinski definition) is 2. The minimum Gasteiger partial charge on any atom is -0.507 e. The van der Waals surface area contributed by atoms with Crippen LogP contribution in [-0.2, 0) is 11.3 Å². The van der Waals surface area contributed by atoms with Gasteiger partial charge in [0.1, 0.15) is 12.4 Å². The van der Waals surface area contributed by atoms with Crippen molar-refractivity contribution in [3.8, 4) is 17.2 Å². The number of benzene rings is 2. The van der Waals surface area contributed by atoms with Gasteiger partial charge in [0.15, 0.2) is 11.5 Å². The summed E-state index contributed by atoms with van der Waals surface area (Å²) in [5.74, 6) is 0.908. The number of carbonyl (C=O) groups excluding carboxylic acids is 1. The Bertz CT molecular complexity index is 799. The molecule has 0 aliphatic carbocycles. The molecule has 0 saturated carbocycles. The van der Waals surface area contributed by atoms with E-state index in [1.807, 2.05) is 25.1 Å². The highest BCUT2D eigenvalue weighted by Gasteiger charge is 2.17. The van der Waals surface area contributed by atoms with Gasteiger partial charge < -0.3 is 24.6 Å². The van der Waals surface area contributed by atoms with E-state index in [4.69, 9.17) is 14.2 Å². The summed E-state index contributed by atoms with van der Waals surface area (Å²) < 4.78 is 16.8. The maximum atomic E-state index is 12.3. The normalized spacial score (nSPS) is 16.1. The van der Waals surface area contributed by atoms with Crippen molar-refractivity contribution in [1.29, 1.82) is 0 Å². The van der Waals surface area contributed by atoms with Gasteiger partial charge in [-0.15, -0.1) is 0 Å². The Morgan fingerprint density at radius 3 is 2.81 bits per heavy atom. The summed E-state index contributed by atoms with van der Waals surface area (Å²) >= 11 is 0. The van der Waals surface area contributed by atoms with Crippen molar-refractivity contribution in [2.24, 2.45) is 0 Å². The van der Waals surface area contributed by atoms with E-state index >= 15 is 0 Å². The lowest BCUT2D eigenvalue weighted by Crippen LogP contribution is -2.23. The number of methoxy groups -OCH3 is 1. The van der Waals surface area contributed by atoms with Crippen LogP contribution in [0.1, 0.15) is 34.3 Å². The quantitative estimate of drug-likeness (QED) is 0.782. The first-order valence-corrected chi connectivity index (χ1v) is 9.06. The second kappa shape index (κ2) is 8.77. The average molecular weight is 371 g/mol. The Labute approximate surface area is 159 Å². The predicted octanol–water partition coefficient (Wildman–Crippen LogP) is 3.20. The number of nitrogens with one attached hydrogen (secondary N) is 1. The van der Waals surface area contributed by atoms with Crippen LogP contribution in [0.15, 0.2) is 36.4 Å². The Morgan fingerprint density at radius 1 is 1.26 bits per heavy atom. The molecule has 6 heteroatoms. The third kappa shape index (κ3) is 4.92. The van der Waals surface area contributed by atoms with Crippen molar-refractivity contribution in [3.63, 3.8) is 0 Å². The minimum absolute atomic E-state index is 0.0250. The van der Waals surface area contributed by atoms with Crippen molar-refractivity contribution in [2.75, 3.05) is 20.3 Å². The van der Waals surface area contributed by atoms with Gasteiger partial charge in [0.2, 0.25) is 0 Å². The van der Waals surface area contributed by atoms with Crippen molar-refractivity contribution < 1.29 is 24.1 Å². The molecule has 1 atom stereocenters. The van der Waals surface area contributed by atoms with E-state index in [0.717, 1.165) is 30.6 Å². The van der Waals surface area contributed by atoms with E-state index in [1.54, 1.807) is 25.3 Å². The van der Waals surface area contributed by atoms with E-state index in [-0.39, 0.29) is 23.3 Å². The fourth-order valence-corrected chi connectivity index (χ4v) is 3.01. The Morgan fingerprint density at radius 2 is 2.11 bits per heavy atom. The molecule has 2 aromatic carbocycles. The van der Waals surface area contributed by atoms with Crippen LogP contribution in [0.3, 0.4) is 0 Å². The molecule has 1 unspecified atom stereocenters. The topological polar surface area (TPSA) is 77.0 Å². The van der Waals surface area contributed by atoms with Gasteiger partial charge in [-0.25, -0.2) is 0 Å². The lowest BCUT2D eigenvalue weighted by atomic mass is 10.1. The fourth-order valence-electron chi connectivity index (χ4n) is 3.01. The molecule has 0 aromatic heterocycles. The molecular formula is C21H25NO5. The molecule has 144 valence electrons. The smallest absolute Gasteiger partial charge is 0.255 e. The first kappa shape index (κ1) is 19.0. The van der Waals surface area contributed by atoms with Crippen molar-refractivity contribution in [3.05, 3.63) is 53.1 Å². The standard InChI is InChI=1S/C21H25NO5/c1-14-5-7-17(18(23)10-14)21(24)22-12-15-6-8-19(20(11-15)25-2)27-13-16-4-3-9-26-16/h5-8,10-11,16,23H,3-4,9,12-13H2,1-2H3,(H,22,24). The molecule has 1 amide bonds. The summed E-state index contributed by atoms with van der Waals surface area (Å²) in [5.41, 5.74) is 2.02. The van der Waals surface area contributed by atoms with Crippen LogP contribution in [0.25, 0.3) is 0 Å². The first-order chi connectivity index (χ1) is 13.1. The molecule has 3 rings (SSSR count). The third-order valence-corrected chi connectivity index (χ3v) is 4.53. The highest BCUT2D eigenvalue weighted by molar-refractivity contribution is 5.96. The molecule has 27 heavy (non-hydrogen) atoms. The molecule has 6 nitrogen and oxygen atoms in total. The van der Waals surface area contributed by atoms with Crippen LogP contribution in [0, 0.1) is 6.92 Å². The molecule has 0 spiro atoms. The van der Waals surface area contributed by atoms with Crippen LogP contribution in [0.2, 0.25) is 0 Å². The molecule has 1 saturated heterocycles. The van der Waals surface area contributed by atoms with Crippen molar-refractivity contribution >= 4 is 5.91 Å². The number of aryl methyl sites for hydroxylation is 1. The van der Waals surface area contributed by atoms with Gasteiger partial charge in [0, 0.05) is 13.2 Å². The summed E-state index contributed by atoms with van der Waals surface area (Å²) in [7, 11) is 1.58. The fraction of sp³-hybridized carbons (Fsp3) is 0.381. The minimum atomic E-state index is -0.329. The highest BCUT2D eigenvalue weighted by Crippen LogP contribution is 2.29. The lowest BCUT2D eigenvalue weighted by Gasteiger charge is -2.15. The SMILES string of the molecule is COc1cc(CNC(=O)c2ccc(C)cc2O)ccc1OCC1CCCO1. The van der Waals surface area contributed by atoms with Crippen LogP contribution >= 0.6 is 0 Å². The van der Waals surface area contributed by atoms with E-state index in [2.05, 4.69) is 5.32 Å². The highest BCUT2D eigenvalue weighted by atomic mass is 16.5. The molecule has 1 aliphatic heterocycles. The monoisotopic (exact) mass is 371 g/mol. The van der Waals surface area contributed by atoms with Gasteiger partial charge in [-0.2, -0.15) is 0 Å². The van der Waals surface area contributed by atoms with Gasteiger partial charge in [0.05, 0.1) is 18.8 Å². The average Bonchev–Trinajstić information content (AvgIpc) is 3.18. The number of amides is 1. The van der Waals surface area contributed by atoms with Crippen molar-refractivity contribution in [2.45, 2.75) is 32.4 Å². The molecule has 1 aliphatic rings. The number of ether oxygens (including phenoxy) is 3. The molecule has 1 fully saturated rings. The lowest BCUT2D eigenvalue weighted by molar-refractivity contribution is 0.0669. The predicted molar refractivity (Wildman–Crippen MR) is 101 cm³/mol. The number of hydrogen-bond acceptors (Lipinski definition) is 5. The number of carbonyl (C=O) groups is 1.